The van der Waals surface area contributed by atoms with Crippen LogP contribution in [-0.4, -0.2) is 32.7 Å². The minimum Gasteiger partial charge on any atom is -0.481 e. The van der Waals surface area contributed by atoms with Crippen LogP contribution in [0.25, 0.3) is 5.69 Å². The number of nitrogens with one attached hydrogen (secondary N) is 1. The third kappa shape index (κ3) is 3.76. The fraction of sp³-hybridized carbons (Fsp3) is 0.350. The number of carbonyl (C=O) groups is 1. The van der Waals surface area contributed by atoms with Crippen molar-refractivity contribution in [3.05, 3.63) is 53.2 Å². The highest BCUT2D eigenvalue weighted by atomic mass is 35.5. The molecule has 3 rings (SSSR count). The van der Waals surface area contributed by atoms with E-state index in [2.05, 4.69) is 31.1 Å². The third-order valence-corrected chi connectivity index (χ3v) is 4.86. The van der Waals surface area contributed by atoms with E-state index in [4.69, 9.17) is 16.7 Å². The van der Waals surface area contributed by atoms with Crippen molar-refractivity contribution in [3.63, 3.8) is 0 Å². The first-order valence-electron chi connectivity index (χ1n) is 8.70. The molecule has 6 nitrogen and oxygen atoms in total. The highest BCUT2D eigenvalue weighted by molar-refractivity contribution is 6.32. The van der Waals surface area contributed by atoms with E-state index in [1.165, 1.54) is 0 Å². The Morgan fingerprint density at radius 1 is 1.33 bits per heavy atom. The second kappa shape index (κ2) is 6.85. The summed E-state index contributed by atoms with van der Waals surface area (Å²) in [6, 6.07) is 9.31. The van der Waals surface area contributed by atoms with Crippen molar-refractivity contribution in [3.8, 4) is 5.69 Å². The SMILES string of the molecule is CC(C)(C)c1cc(NC2(C)N=CC=CC2C(=O)O)n(-c2ccccc2Cl)n1. The molecule has 2 heterocycles. The van der Waals surface area contributed by atoms with Gasteiger partial charge in [0.15, 0.2) is 0 Å². The number of carboxylic acids is 1. The molecule has 2 aromatic rings. The molecular weight excluding hydrogens is 364 g/mol. The summed E-state index contributed by atoms with van der Waals surface area (Å²) >= 11 is 6.39. The molecule has 1 aliphatic heterocycles. The maximum absolute atomic E-state index is 11.7. The number of halogens is 1. The molecule has 27 heavy (non-hydrogen) atoms. The van der Waals surface area contributed by atoms with E-state index in [-0.39, 0.29) is 5.41 Å². The molecule has 1 aromatic heterocycles. The van der Waals surface area contributed by atoms with Crippen molar-refractivity contribution in [1.82, 2.24) is 9.78 Å². The third-order valence-electron chi connectivity index (χ3n) is 4.54. The Bertz CT molecular complexity index is 926. The van der Waals surface area contributed by atoms with Gasteiger partial charge in [0.1, 0.15) is 17.4 Å². The average Bonchev–Trinajstić information content (AvgIpc) is 2.98. The van der Waals surface area contributed by atoms with Gasteiger partial charge in [0.25, 0.3) is 0 Å². The number of dihydropyridines is 1. The molecule has 142 valence electrons. The first-order valence-corrected chi connectivity index (χ1v) is 9.08. The lowest BCUT2D eigenvalue weighted by molar-refractivity contribution is -0.141. The van der Waals surface area contributed by atoms with Gasteiger partial charge < -0.3 is 10.4 Å². The van der Waals surface area contributed by atoms with Crippen molar-refractivity contribution in [2.45, 2.75) is 38.8 Å². The van der Waals surface area contributed by atoms with Crippen molar-refractivity contribution >= 4 is 29.6 Å². The molecule has 7 heteroatoms. The molecule has 0 radical (unpaired) electrons. The van der Waals surface area contributed by atoms with Gasteiger partial charge in [-0.05, 0) is 25.1 Å². The number of aromatic nitrogens is 2. The summed E-state index contributed by atoms with van der Waals surface area (Å²) in [5, 5.41) is 18.2. The quantitative estimate of drug-likeness (QED) is 0.821. The number of nitrogens with zero attached hydrogens (tertiary/aromatic N) is 3. The molecule has 0 fully saturated rings. The zero-order valence-corrected chi connectivity index (χ0v) is 16.5. The number of hydrogen-bond acceptors (Lipinski definition) is 4. The molecule has 2 atom stereocenters. The van der Waals surface area contributed by atoms with Crippen LogP contribution >= 0.6 is 11.6 Å². The van der Waals surface area contributed by atoms with Gasteiger partial charge >= 0.3 is 5.97 Å². The smallest absolute Gasteiger partial charge is 0.314 e. The van der Waals surface area contributed by atoms with Gasteiger partial charge in [0.2, 0.25) is 0 Å². The van der Waals surface area contributed by atoms with Gasteiger partial charge in [0.05, 0.1) is 16.4 Å². The van der Waals surface area contributed by atoms with Crippen LogP contribution in [0.15, 0.2) is 47.5 Å². The zero-order chi connectivity index (χ0) is 19.8. The van der Waals surface area contributed by atoms with Crippen LogP contribution in [-0.2, 0) is 10.2 Å². The fourth-order valence-corrected chi connectivity index (χ4v) is 3.18. The number of allylic oxidation sites excluding steroid dienone is 1. The average molecular weight is 387 g/mol. The number of anilines is 1. The van der Waals surface area contributed by atoms with Crippen molar-refractivity contribution < 1.29 is 9.90 Å². The predicted molar refractivity (Wildman–Crippen MR) is 108 cm³/mol. The molecule has 2 unspecified atom stereocenters. The number of aliphatic imine (C=N–C) groups is 1. The molecule has 0 spiro atoms. The largest absolute Gasteiger partial charge is 0.481 e. The summed E-state index contributed by atoms with van der Waals surface area (Å²) in [6.07, 6.45) is 4.88. The van der Waals surface area contributed by atoms with Gasteiger partial charge in [-0.1, -0.05) is 50.6 Å². The minimum atomic E-state index is -1.05. The van der Waals surface area contributed by atoms with Crippen LogP contribution in [0.4, 0.5) is 5.82 Å². The summed E-state index contributed by atoms with van der Waals surface area (Å²) in [4.78, 5) is 16.1. The first-order chi connectivity index (χ1) is 12.6. The van der Waals surface area contributed by atoms with Crippen molar-refractivity contribution in [1.29, 1.82) is 0 Å². The molecule has 0 amide bonds. The van der Waals surface area contributed by atoms with Crippen LogP contribution in [0, 0.1) is 5.92 Å². The summed E-state index contributed by atoms with van der Waals surface area (Å²) in [7, 11) is 0. The number of rotatable bonds is 4. The van der Waals surface area contributed by atoms with Gasteiger partial charge in [-0.15, -0.1) is 0 Å². The molecule has 0 saturated heterocycles. The number of benzene rings is 1. The Hall–Kier alpha value is -2.60. The highest BCUT2D eigenvalue weighted by Gasteiger charge is 2.39. The standard InChI is InChI=1S/C20H23ClN4O2/c1-19(2,3)16-12-17(25(24-16)15-10-6-5-9-14(15)21)23-20(4)13(18(26)27)8-7-11-22-20/h5-13,23H,1-4H3,(H,26,27). The Kier molecular flexibility index (Phi) is 4.86. The molecule has 1 aliphatic rings. The Morgan fingerprint density at radius 2 is 2.04 bits per heavy atom. The Balaban J connectivity index is 2.11. The Morgan fingerprint density at radius 3 is 2.67 bits per heavy atom. The van der Waals surface area contributed by atoms with Crippen LogP contribution in [0.1, 0.15) is 33.4 Å². The lowest BCUT2D eigenvalue weighted by atomic mass is 9.91. The second-order valence-electron chi connectivity index (χ2n) is 7.78. The van der Waals surface area contributed by atoms with Gasteiger partial charge in [-0.2, -0.15) is 5.10 Å². The van der Waals surface area contributed by atoms with Crippen LogP contribution in [0.2, 0.25) is 5.02 Å². The summed E-state index contributed by atoms with van der Waals surface area (Å²) in [5.74, 6) is -1.12. The Labute approximate surface area is 163 Å². The van der Waals surface area contributed by atoms with E-state index in [1.54, 1.807) is 36.0 Å². The summed E-state index contributed by atoms with van der Waals surface area (Å²) < 4.78 is 1.71. The minimum absolute atomic E-state index is 0.189. The van der Waals surface area contributed by atoms with E-state index in [0.717, 1.165) is 5.69 Å². The molecule has 2 N–H and O–H groups in total. The number of carboxylic acid groups (broad SMARTS) is 1. The fourth-order valence-electron chi connectivity index (χ4n) is 2.96. The van der Waals surface area contributed by atoms with Crippen LogP contribution < -0.4 is 5.32 Å². The van der Waals surface area contributed by atoms with Crippen LogP contribution in [0.5, 0.6) is 0 Å². The van der Waals surface area contributed by atoms with Gasteiger partial charge in [-0.3, -0.25) is 9.79 Å². The van der Waals surface area contributed by atoms with E-state index in [0.29, 0.717) is 16.5 Å². The van der Waals surface area contributed by atoms with Crippen molar-refractivity contribution in [2.75, 3.05) is 5.32 Å². The van der Waals surface area contributed by atoms with Crippen molar-refractivity contribution in [2.24, 2.45) is 10.9 Å². The number of aliphatic carboxylic acids is 1. The monoisotopic (exact) mass is 386 g/mol. The topological polar surface area (TPSA) is 79.5 Å². The molecule has 0 saturated carbocycles. The first kappa shape index (κ1) is 19.2. The zero-order valence-electron chi connectivity index (χ0n) is 15.8. The molecule has 0 bridgehead atoms. The summed E-state index contributed by atoms with van der Waals surface area (Å²) in [5.41, 5.74) is 0.333. The predicted octanol–water partition coefficient (Wildman–Crippen LogP) is 4.29. The normalized spacial score (nSPS) is 22.0. The maximum atomic E-state index is 11.7. The van der Waals surface area contributed by atoms with Gasteiger partial charge in [-0.25, -0.2) is 4.68 Å². The highest BCUT2D eigenvalue weighted by Crippen LogP contribution is 2.33. The van der Waals surface area contributed by atoms with E-state index in [9.17, 15) is 9.90 Å². The van der Waals surface area contributed by atoms with Gasteiger partial charge in [0, 0.05) is 17.7 Å². The lowest BCUT2D eigenvalue weighted by Crippen LogP contribution is -2.45. The lowest BCUT2D eigenvalue weighted by Gasteiger charge is -2.33. The maximum Gasteiger partial charge on any atom is 0.314 e. The van der Waals surface area contributed by atoms with E-state index < -0.39 is 17.6 Å². The van der Waals surface area contributed by atoms with E-state index >= 15 is 0 Å². The van der Waals surface area contributed by atoms with E-state index in [1.807, 2.05) is 24.3 Å². The van der Waals surface area contributed by atoms with Crippen LogP contribution in [0.3, 0.4) is 0 Å². The number of hydrogen-bond donors (Lipinski definition) is 2. The summed E-state index contributed by atoms with van der Waals surface area (Å²) in [6.45, 7) is 7.96. The molecule has 0 aliphatic carbocycles. The molecular formula is C20H23ClN4O2. The second-order valence-corrected chi connectivity index (χ2v) is 8.19. The number of para-hydroxylation sites is 1. The molecule has 1 aromatic carbocycles.